The van der Waals surface area contributed by atoms with Crippen molar-refractivity contribution in [1.82, 2.24) is 5.43 Å². The monoisotopic (exact) mass is 418 g/mol. The number of para-hydroxylation sites is 1. The van der Waals surface area contributed by atoms with E-state index in [-0.39, 0.29) is 0 Å². The van der Waals surface area contributed by atoms with Gasteiger partial charge in [0.1, 0.15) is 0 Å². The maximum Gasteiger partial charge on any atom is 0.191 e. The first-order valence-electron chi connectivity index (χ1n) is 9.37. The zero-order valence-electron chi connectivity index (χ0n) is 16.5. The summed E-state index contributed by atoms with van der Waals surface area (Å²) in [7, 11) is 0. The van der Waals surface area contributed by atoms with Gasteiger partial charge in [-0.15, -0.1) is 0 Å². The van der Waals surface area contributed by atoms with E-state index < -0.39 is 0 Å². The van der Waals surface area contributed by atoms with Crippen LogP contribution in [0.1, 0.15) is 23.6 Å². The molecule has 0 atom stereocenters. The van der Waals surface area contributed by atoms with Gasteiger partial charge < -0.3 is 10.6 Å². The number of rotatable bonds is 3. The lowest BCUT2D eigenvalue weighted by atomic mass is 10.1. The Morgan fingerprint density at radius 3 is 2.62 bits per heavy atom. The molecule has 0 bridgehead atoms. The van der Waals surface area contributed by atoms with Crippen molar-refractivity contribution in [3.8, 4) is 0 Å². The van der Waals surface area contributed by atoms with Crippen LogP contribution in [0.3, 0.4) is 0 Å². The normalized spacial score (nSPS) is 12.4. The molecule has 3 aromatic carbocycles. The van der Waals surface area contributed by atoms with Crippen LogP contribution >= 0.6 is 24.0 Å². The summed E-state index contributed by atoms with van der Waals surface area (Å²) in [6, 6.07) is 20.8. The van der Waals surface area contributed by atoms with E-state index in [1.165, 1.54) is 20.9 Å². The van der Waals surface area contributed by atoms with Crippen molar-refractivity contribution in [1.29, 1.82) is 0 Å². The van der Waals surface area contributed by atoms with Crippen LogP contribution in [-0.4, -0.2) is 10.8 Å². The second-order valence-corrected chi connectivity index (χ2v) is 8.44. The van der Waals surface area contributed by atoms with Crippen LogP contribution in [0.2, 0.25) is 0 Å². The first kappa shape index (κ1) is 19.5. The molecule has 0 saturated carbocycles. The molecule has 3 aromatic rings. The minimum Gasteiger partial charge on any atom is -0.354 e. The molecule has 1 heterocycles. The number of hydrogen-bond acceptors (Lipinski definition) is 4. The first-order valence-corrected chi connectivity index (χ1v) is 10.6. The van der Waals surface area contributed by atoms with Crippen LogP contribution in [0.4, 0.5) is 17.1 Å². The largest absolute Gasteiger partial charge is 0.354 e. The zero-order valence-corrected chi connectivity index (χ0v) is 18.2. The van der Waals surface area contributed by atoms with Crippen LogP contribution in [0.5, 0.6) is 0 Å². The van der Waals surface area contributed by atoms with E-state index in [2.05, 4.69) is 77.5 Å². The summed E-state index contributed by atoms with van der Waals surface area (Å²) in [5.41, 5.74) is 10.5. The second-order valence-electron chi connectivity index (χ2n) is 6.94. The quantitative estimate of drug-likeness (QED) is 0.209. The summed E-state index contributed by atoms with van der Waals surface area (Å²) in [5.74, 6) is 0. The lowest BCUT2D eigenvalue weighted by Gasteiger charge is -2.21. The Bertz CT molecular complexity index is 1120. The van der Waals surface area contributed by atoms with Crippen molar-refractivity contribution in [3.63, 3.8) is 0 Å². The highest BCUT2D eigenvalue weighted by molar-refractivity contribution is 7.99. The SMILES string of the molecule is CC(=NNC(=S)Nc1cccc(C)c1C)c1ccc2c(c1)Nc1ccccc1S2. The molecular formula is C23H22N4S2. The van der Waals surface area contributed by atoms with Crippen molar-refractivity contribution in [2.45, 2.75) is 30.6 Å². The van der Waals surface area contributed by atoms with Crippen molar-refractivity contribution in [2.24, 2.45) is 5.10 Å². The Balaban J connectivity index is 1.46. The molecule has 0 spiro atoms. The third kappa shape index (κ3) is 4.28. The smallest absolute Gasteiger partial charge is 0.191 e. The van der Waals surface area contributed by atoms with Crippen LogP contribution in [0.25, 0.3) is 0 Å². The molecule has 0 aromatic heterocycles. The predicted octanol–water partition coefficient (Wildman–Crippen LogP) is 6.22. The van der Waals surface area contributed by atoms with E-state index >= 15 is 0 Å². The number of aryl methyl sites for hydroxylation is 1. The van der Waals surface area contributed by atoms with Gasteiger partial charge in [-0.3, -0.25) is 5.43 Å². The molecule has 0 amide bonds. The van der Waals surface area contributed by atoms with Crippen LogP contribution in [-0.2, 0) is 0 Å². The van der Waals surface area contributed by atoms with E-state index in [0.717, 1.165) is 28.3 Å². The molecule has 0 radical (unpaired) electrons. The van der Waals surface area contributed by atoms with E-state index in [4.69, 9.17) is 12.2 Å². The number of nitrogens with zero attached hydrogens (tertiary/aromatic N) is 1. The van der Waals surface area contributed by atoms with Gasteiger partial charge in [-0.05, 0) is 80.0 Å². The number of benzene rings is 3. The van der Waals surface area contributed by atoms with Crippen molar-refractivity contribution >= 4 is 51.9 Å². The number of hydrazone groups is 1. The Morgan fingerprint density at radius 1 is 0.966 bits per heavy atom. The number of anilines is 3. The lowest BCUT2D eigenvalue weighted by Crippen LogP contribution is -2.25. The van der Waals surface area contributed by atoms with Gasteiger partial charge in [-0.1, -0.05) is 42.1 Å². The highest BCUT2D eigenvalue weighted by Crippen LogP contribution is 2.44. The maximum atomic E-state index is 5.40. The van der Waals surface area contributed by atoms with E-state index in [1.807, 2.05) is 25.1 Å². The average molecular weight is 419 g/mol. The Hall–Kier alpha value is -2.83. The fourth-order valence-corrected chi connectivity index (χ4v) is 4.22. The molecule has 29 heavy (non-hydrogen) atoms. The standard InChI is InChI=1S/C23H22N4S2/c1-14-7-6-9-18(15(14)2)25-23(28)27-26-16(3)17-11-12-22-20(13-17)24-19-8-4-5-10-21(19)29-22/h4-13,24H,1-3H3,(H2,25,27,28). The maximum absolute atomic E-state index is 5.40. The summed E-state index contributed by atoms with van der Waals surface area (Å²) in [6.07, 6.45) is 0. The highest BCUT2D eigenvalue weighted by Gasteiger charge is 2.15. The summed E-state index contributed by atoms with van der Waals surface area (Å²) in [6.45, 7) is 6.13. The molecule has 3 N–H and O–H groups in total. The van der Waals surface area contributed by atoms with Crippen molar-refractivity contribution in [2.75, 3.05) is 10.6 Å². The first-order chi connectivity index (χ1) is 14.0. The molecule has 1 aliphatic heterocycles. The van der Waals surface area contributed by atoms with Gasteiger partial charge in [0, 0.05) is 15.5 Å². The van der Waals surface area contributed by atoms with Gasteiger partial charge >= 0.3 is 0 Å². The Kier molecular flexibility index (Phi) is 5.56. The van der Waals surface area contributed by atoms with Gasteiger partial charge in [0.25, 0.3) is 0 Å². The topological polar surface area (TPSA) is 48.5 Å². The second kappa shape index (κ2) is 8.27. The van der Waals surface area contributed by atoms with Crippen LogP contribution < -0.4 is 16.1 Å². The molecule has 0 unspecified atom stereocenters. The van der Waals surface area contributed by atoms with E-state index in [1.54, 1.807) is 11.8 Å². The lowest BCUT2D eigenvalue weighted by molar-refractivity contribution is 1.04. The van der Waals surface area contributed by atoms with Gasteiger partial charge in [-0.2, -0.15) is 5.10 Å². The van der Waals surface area contributed by atoms with Crippen LogP contribution in [0, 0.1) is 13.8 Å². The summed E-state index contributed by atoms with van der Waals surface area (Å²) in [4.78, 5) is 2.45. The number of hydrogen-bond donors (Lipinski definition) is 3. The summed E-state index contributed by atoms with van der Waals surface area (Å²) in [5, 5.41) is 11.7. The van der Waals surface area contributed by atoms with Crippen LogP contribution in [0.15, 0.2) is 75.6 Å². The fraction of sp³-hybridized carbons (Fsp3) is 0.130. The molecule has 4 rings (SSSR count). The Morgan fingerprint density at radius 2 is 1.76 bits per heavy atom. The van der Waals surface area contributed by atoms with E-state index in [0.29, 0.717) is 5.11 Å². The predicted molar refractivity (Wildman–Crippen MR) is 128 cm³/mol. The van der Waals surface area contributed by atoms with Gasteiger partial charge in [0.15, 0.2) is 5.11 Å². The number of nitrogens with one attached hydrogen (secondary N) is 3. The Labute approximate surface area is 180 Å². The highest BCUT2D eigenvalue weighted by atomic mass is 32.2. The molecule has 0 aliphatic carbocycles. The molecule has 1 aliphatic rings. The molecule has 0 fully saturated rings. The van der Waals surface area contributed by atoms with Gasteiger partial charge in [0.05, 0.1) is 17.1 Å². The summed E-state index contributed by atoms with van der Waals surface area (Å²) >= 11 is 7.18. The molecule has 146 valence electrons. The van der Waals surface area contributed by atoms with Gasteiger partial charge in [-0.25, -0.2) is 0 Å². The van der Waals surface area contributed by atoms with Crippen molar-refractivity contribution in [3.05, 3.63) is 77.4 Å². The van der Waals surface area contributed by atoms with Gasteiger partial charge in [0.2, 0.25) is 0 Å². The minimum atomic E-state index is 0.471. The third-order valence-electron chi connectivity index (χ3n) is 4.95. The average Bonchev–Trinajstić information content (AvgIpc) is 2.73. The third-order valence-corrected chi connectivity index (χ3v) is 6.30. The molecule has 6 heteroatoms. The number of fused-ring (bicyclic) bond motifs is 2. The minimum absolute atomic E-state index is 0.471. The number of thiocarbonyl (C=S) groups is 1. The van der Waals surface area contributed by atoms with Crippen molar-refractivity contribution < 1.29 is 0 Å². The van der Waals surface area contributed by atoms with E-state index in [9.17, 15) is 0 Å². The molecule has 0 saturated heterocycles. The summed E-state index contributed by atoms with van der Waals surface area (Å²) < 4.78 is 0. The zero-order chi connectivity index (χ0) is 20.4. The molecular weight excluding hydrogens is 396 g/mol. The fourth-order valence-electron chi connectivity index (χ4n) is 3.10. The molecule has 4 nitrogen and oxygen atoms in total.